The van der Waals surface area contributed by atoms with Gasteiger partial charge in [-0.3, -0.25) is 14.6 Å². The molecule has 4 nitrogen and oxygen atoms in total. The third-order valence-corrected chi connectivity index (χ3v) is 2.90. The first-order chi connectivity index (χ1) is 9.22. The van der Waals surface area contributed by atoms with Gasteiger partial charge in [0.25, 0.3) is 5.69 Å². The zero-order valence-corrected chi connectivity index (χ0v) is 10.9. The lowest BCUT2D eigenvalue weighted by molar-refractivity contribution is -0.685. The van der Waals surface area contributed by atoms with E-state index in [1.807, 2.05) is 6.07 Å². The van der Waals surface area contributed by atoms with Crippen LogP contribution in [0.2, 0.25) is 0 Å². The van der Waals surface area contributed by atoms with Gasteiger partial charge in [0.15, 0.2) is 6.20 Å². The highest BCUT2D eigenvalue weighted by molar-refractivity contribution is 6.29. The summed E-state index contributed by atoms with van der Waals surface area (Å²) in [6.07, 6.45) is 4.55. The van der Waals surface area contributed by atoms with Crippen LogP contribution in [0.1, 0.15) is 20.8 Å². The molecular weight excluding hydrogens is 264 g/mol. The quantitative estimate of drug-likeness (QED) is 0.474. The second-order valence-electron chi connectivity index (χ2n) is 3.94. The van der Waals surface area contributed by atoms with Crippen molar-refractivity contribution in [2.45, 2.75) is 6.54 Å². The number of ketones is 2. The van der Waals surface area contributed by atoms with Gasteiger partial charge in [0.2, 0.25) is 18.1 Å². The van der Waals surface area contributed by atoms with Crippen LogP contribution in [0.15, 0.2) is 48.9 Å². The van der Waals surface area contributed by atoms with E-state index in [1.165, 1.54) is 12.4 Å². The van der Waals surface area contributed by atoms with Gasteiger partial charge in [-0.2, -0.15) is 4.57 Å². The Bertz CT molecular complexity index is 599. The Morgan fingerprint density at radius 3 is 2.58 bits per heavy atom. The first-order valence-electron chi connectivity index (χ1n) is 5.73. The van der Waals surface area contributed by atoms with Crippen molar-refractivity contribution in [1.29, 1.82) is 0 Å². The van der Waals surface area contributed by atoms with Crippen molar-refractivity contribution in [2.24, 2.45) is 0 Å². The minimum atomic E-state index is -0.254. The number of carbonyl (C=O) groups excluding carboxylic acids is 2. The summed E-state index contributed by atoms with van der Waals surface area (Å²) in [7, 11) is 0. The van der Waals surface area contributed by atoms with Gasteiger partial charge in [-0.25, -0.2) is 0 Å². The Labute approximate surface area is 115 Å². The van der Waals surface area contributed by atoms with Crippen molar-refractivity contribution >= 4 is 23.2 Å². The number of halogens is 1. The van der Waals surface area contributed by atoms with E-state index >= 15 is 0 Å². The molecule has 0 spiro atoms. The predicted octanol–water partition coefficient (Wildman–Crippen LogP) is 1.67. The molecule has 0 bridgehead atoms. The first kappa shape index (κ1) is 13.4. The molecule has 0 radical (unpaired) electrons. The summed E-state index contributed by atoms with van der Waals surface area (Å²) in [5.74, 6) is -0.457. The molecule has 0 aliphatic heterocycles. The topological polar surface area (TPSA) is 50.9 Å². The number of carbonyl (C=O) groups is 2. The average Bonchev–Trinajstić information content (AvgIpc) is 2.48. The molecule has 5 heteroatoms. The number of rotatable bonds is 5. The molecule has 1 aromatic heterocycles. The summed E-state index contributed by atoms with van der Waals surface area (Å²) in [4.78, 5) is 27.6. The molecule has 0 N–H and O–H groups in total. The largest absolute Gasteiger partial charge is 0.287 e. The highest BCUT2D eigenvalue weighted by Crippen LogP contribution is 2.01. The second-order valence-corrected chi connectivity index (χ2v) is 4.20. The summed E-state index contributed by atoms with van der Waals surface area (Å²) >= 11 is 5.54. The first-order valence-corrected chi connectivity index (χ1v) is 6.26. The van der Waals surface area contributed by atoms with Crippen LogP contribution >= 0.6 is 11.6 Å². The zero-order chi connectivity index (χ0) is 13.7. The Morgan fingerprint density at radius 2 is 1.89 bits per heavy atom. The molecule has 19 heavy (non-hydrogen) atoms. The van der Waals surface area contributed by atoms with Crippen molar-refractivity contribution in [2.75, 3.05) is 5.88 Å². The fraction of sp³-hybridized carbons (Fsp3) is 0.143. The molecule has 0 aliphatic rings. The molecule has 0 saturated heterocycles. The fourth-order valence-corrected chi connectivity index (χ4v) is 1.83. The van der Waals surface area contributed by atoms with Gasteiger partial charge in [0.05, 0.1) is 12.1 Å². The van der Waals surface area contributed by atoms with Crippen molar-refractivity contribution in [3.05, 3.63) is 60.2 Å². The van der Waals surface area contributed by atoms with Gasteiger partial charge in [0.1, 0.15) is 6.20 Å². The van der Waals surface area contributed by atoms with Crippen LogP contribution in [-0.2, 0) is 6.54 Å². The standard InChI is InChI=1S/C14H12ClN2O2/c15-8-13(18)12-9-16-6-7-17(12)10-14(19)11-4-2-1-3-5-11/h1-7,9H,8,10H2/q+1. The van der Waals surface area contributed by atoms with Gasteiger partial charge >= 0.3 is 0 Å². The summed E-state index contributed by atoms with van der Waals surface area (Å²) in [6, 6.07) is 8.93. The van der Waals surface area contributed by atoms with E-state index in [4.69, 9.17) is 11.6 Å². The summed E-state index contributed by atoms with van der Waals surface area (Å²) in [5, 5.41) is 0. The summed E-state index contributed by atoms with van der Waals surface area (Å²) in [5.41, 5.74) is 0.942. The van der Waals surface area contributed by atoms with Gasteiger partial charge in [0, 0.05) is 5.56 Å². The van der Waals surface area contributed by atoms with Crippen molar-refractivity contribution in [1.82, 2.24) is 4.98 Å². The summed E-state index contributed by atoms with van der Waals surface area (Å²) < 4.78 is 1.56. The Balaban J connectivity index is 2.25. The third kappa shape index (κ3) is 3.23. The van der Waals surface area contributed by atoms with Crippen LogP contribution in [0.5, 0.6) is 0 Å². The Kier molecular flexibility index (Phi) is 4.36. The van der Waals surface area contributed by atoms with Gasteiger partial charge in [-0.1, -0.05) is 30.3 Å². The number of hydrogen-bond acceptors (Lipinski definition) is 3. The highest BCUT2D eigenvalue weighted by Gasteiger charge is 2.21. The van der Waals surface area contributed by atoms with Crippen molar-refractivity contribution in [3.63, 3.8) is 0 Å². The molecule has 1 heterocycles. The molecule has 1 aromatic carbocycles. The van der Waals surface area contributed by atoms with Gasteiger partial charge in [-0.05, 0) is 0 Å². The monoisotopic (exact) mass is 275 g/mol. The molecule has 0 unspecified atom stereocenters. The SMILES string of the molecule is O=C(C[n+]1ccncc1C(=O)CCl)c1ccccc1. The van der Waals surface area contributed by atoms with E-state index in [2.05, 4.69) is 4.98 Å². The molecule has 96 valence electrons. The normalized spacial score (nSPS) is 10.2. The maximum atomic E-state index is 12.1. The zero-order valence-electron chi connectivity index (χ0n) is 10.1. The van der Waals surface area contributed by atoms with Crippen molar-refractivity contribution < 1.29 is 14.2 Å². The van der Waals surface area contributed by atoms with Crippen LogP contribution < -0.4 is 4.57 Å². The maximum Gasteiger partial charge on any atom is 0.268 e. The molecule has 0 amide bonds. The number of Topliss-reactive ketones (excluding diaryl/α,β-unsaturated/α-hetero) is 2. The number of aromatic nitrogens is 2. The molecule has 2 rings (SSSR count). The molecule has 2 aromatic rings. The lowest BCUT2D eigenvalue weighted by Crippen LogP contribution is -2.43. The number of benzene rings is 1. The molecule has 0 saturated carbocycles. The van der Waals surface area contributed by atoms with E-state index in [-0.39, 0.29) is 24.0 Å². The van der Waals surface area contributed by atoms with Crippen LogP contribution in [0.4, 0.5) is 0 Å². The van der Waals surface area contributed by atoms with E-state index in [0.717, 1.165) is 0 Å². The Hall–Kier alpha value is -2.07. The van der Waals surface area contributed by atoms with Crippen LogP contribution in [-0.4, -0.2) is 22.4 Å². The number of alkyl halides is 1. The van der Waals surface area contributed by atoms with E-state index in [0.29, 0.717) is 11.3 Å². The van der Waals surface area contributed by atoms with Gasteiger partial charge < -0.3 is 0 Å². The predicted molar refractivity (Wildman–Crippen MR) is 70.3 cm³/mol. The molecule has 0 atom stereocenters. The Morgan fingerprint density at radius 1 is 1.16 bits per heavy atom. The minimum Gasteiger partial charge on any atom is -0.287 e. The van der Waals surface area contributed by atoms with Gasteiger partial charge in [-0.15, -0.1) is 11.6 Å². The van der Waals surface area contributed by atoms with E-state index < -0.39 is 0 Å². The minimum absolute atomic E-state index is 0.0691. The van der Waals surface area contributed by atoms with E-state index in [9.17, 15) is 9.59 Å². The maximum absolute atomic E-state index is 12.1. The lowest BCUT2D eigenvalue weighted by atomic mass is 10.1. The number of hydrogen-bond donors (Lipinski definition) is 0. The smallest absolute Gasteiger partial charge is 0.268 e. The second kappa shape index (κ2) is 6.20. The summed E-state index contributed by atoms with van der Waals surface area (Å²) in [6.45, 7) is 0.0878. The molecular formula is C14H12ClN2O2+. The molecule has 0 fully saturated rings. The highest BCUT2D eigenvalue weighted by atomic mass is 35.5. The van der Waals surface area contributed by atoms with E-state index in [1.54, 1.807) is 35.0 Å². The third-order valence-electron chi connectivity index (χ3n) is 2.66. The number of nitrogens with zero attached hydrogens (tertiary/aromatic N) is 2. The molecule has 0 aliphatic carbocycles. The average molecular weight is 276 g/mol. The van der Waals surface area contributed by atoms with Crippen molar-refractivity contribution in [3.8, 4) is 0 Å². The van der Waals surface area contributed by atoms with Crippen LogP contribution in [0, 0.1) is 0 Å². The lowest BCUT2D eigenvalue weighted by Gasteiger charge is -2.01. The van der Waals surface area contributed by atoms with Crippen LogP contribution in [0.3, 0.4) is 0 Å². The van der Waals surface area contributed by atoms with Crippen LogP contribution in [0.25, 0.3) is 0 Å². The fourth-order valence-electron chi connectivity index (χ4n) is 1.70.